The number of rotatable bonds is 5. The maximum atomic E-state index is 13.0. The zero-order chi connectivity index (χ0) is 22.7. The Kier molecular flexibility index (Phi) is 6.23. The molecule has 0 saturated carbocycles. The second-order valence-electron chi connectivity index (χ2n) is 7.29. The van der Waals surface area contributed by atoms with E-state index in [1.807, 2.05) is 30.3 Å². The van der Waals surface area contributed by atoms with Crippen LogP contribution in [0.5, 0.6) is 11.5 Å². The highest BCUT2D eigenvalue weighted by atomic mass is 32.1. The quantitative estimate of drug-likeness (QED) is 0.579. The van der Waals surface area contributed by atoms with E-state index in [2.05, 4.69) is 5.32 Å². The number of methoxy groups -OCH3 is 1. The molecule has 0 bridgehead atoms. The summed E-state index contributed by atoms with van der Waals surface area (Å²) in [6.45, 7) is 2.46. The number of hydrogen-bond acceptors (Lipinski definition) is 6. The van der Waals surface area contributed by atoms with Crippen molar-refractivity contribution in [2.75, 3.05) is 19.0 Å². The standard InChI is InChI=1S/C24H22N2O5S/c1-15(27)26-12-11-19-20(14-26)32-23(21(19)24(29)30-2)25-22(28)16-7-6-10-18(13-16)31-17-8-4-3-5-9-17/h3-10,13H,11-12,14H2,1-2H3,(H,25,28). The lowest BCUT2D eigenvalue weighted by Crippen LogP contribution is -2.33. The minimum absolute atomic E-state index is 0.0236. The third-order valence-electron chi connectivity index (χ3n) is 5.19. The van der Waals surface area contributed by atoms with Crippen LogP contribution in [0.4, 0.5) is 5.00 Å². The highest BCUT2D eigenvalue weighted by molar-refractivity contribution is 7.17. The molecule has 1 aliphatic rings. The van der Waals surface area contributed by atoms with Crippen molar-refractivity contribution < 1.29 is 23.9 Å². The molecule has 0 spiro atoms. The number of nitrogens with zero attached hydrogens (tertiary/aromatic N) is 1. The van der Waals surface area contributed by atoms with E-state index < -0.39 is 5.97 Å². The van der Waals surface area contributed by atoms with Crippen LogP contribution in [-0.2, 0) is 22.5 Å². The normalized spacial score (nSPS) is 12.6. The van der Waals surface area contributed by atoms with E-state index in [0.717, 1.165) is 10.4 Å². The molecule has 0 saturated heterocycles. The predicted molar refractivity (Wildman–Crippen MR) is 121 cm³/mol. The van der Waals surface area contributed by atoms with Gasteiger partial charge in [-0.1, -0.05) is 24.3 Å². The van der Waals surface area contributed by atoms with Gasteiger partial charge in [-0.2, -0.15) is 0 Å². The smallest absolute Gasteiger partial charge is 0.341 e. The summed E-state index contributed by atoms with van der Waals surface area (Å²) < 4.78 is 10.8. The van der Waals surface area contributed by atoms with Gasteiger partial charge >= 0.3 is 5.97 Å². The first-order valence-electron chi connectivity index (χ1n) is 10.1. The molecule has 1 N–H and O–H groups in total. The molecule has 0 unspecified atom stereocenters. The second kappa shape index (κ2) is 9.23. The van der Waals surface area contributed by atoms with Crippen LogP contribution >= 0.6 is 11.3 Å². The van der Waals surface area contributed by atoms with Gasteiger partial charge in [-0.3, -0.25) is 9.59 Å². The largest absolute Gasteiger partial charge is 0.465 e. The monoisotopic (exact) mass is 450 g/mol. The van der Waals surface area contributed by atoms with Gasteiger partial charge in [0, 0.05) is 23.9 Å². The number of thiophene rings is 1. The summed E-state index contributed by atoms with van der Waals surface area (Å²) in [5.74, 6) is 0.300. The highest BCUT2D eigenvalue weighted by Gasteiger charge is 2.30. The highest BCUT2D eigenvalue weighted by Crippen LogP contribution is 2.38. The fraction of sp³-hybridized carbons (Fsp3) is 0.208. The van der Waals surface area contributed by atoms with Gasteiger partial charge in [0.2, 0.25) is 5.91 Å². The summed E-state index contributed by atoms with van der Waals surface area (Å²) in [7, 11) is 1.31. The fourth-order valence-corrected chi connectivity index (χ4v) is 4.83. The van der Waals surface area contributed by atoms with Crippen molar-refractivity contribution in [2.24, 2.45) is 0 Å². The summed E-state index contributed by atoms with van der Waals surface area (Å²) in [6, 6.07) is 16.1. The van der Waals surface area contributed by atoms with Gasteiger partial charge in [0.25, 0.3) is 5.91 Å². The van der Waals surface area contributed by atoms with Crippen LogP contribution in [0.15, 0.2) is 54.6 Å². The number of ether oxygens (including phenoxy) is 2. The molecule has 7 nitrogen and oxygen atoms in total. The Morgan fingerprint density at radius 1 is 1.03 bits per heavy atom. The number of amides is 2. The summed E-state index contributed by atoms with van der Waals surface area (Å²) in [5.41, 5.74) is 1.59. The van der Waals surface area contributed by atoms with Crippen LogP contribution in [0.3, 0.4) is 0 Å². The van der Waals surface area contributed by atoms with Crippen LogP contribution in [-0.4, -0.2) is 36.3 Å². The van der Waals surface area contributed by atoms with Crippen molar-refractivity contribution in [2.45, 2.75) is 19.9 Å². The van der Waals surface area contributed by atoms with E-state index in [1.54, 1.807) is 29.2 Å². The number of hydrogen-bond donors (Lipinski definition) is 1. The van der Waals surface area contributed by atoms with E-state index in [4.69, 9.17) is 9.47 Å². The topological polar surface area (TPSA) is 84.9 Å². The molecule has 32 heavy (non-hydrogen) atoms. The lowest BCUT2D eigenvalue weighted by molar-refractivity contribution is -0.129. The molecular weight excluding hydrogens is 428 g/mol. The Bertz CT molecular complexity index is 1170. The molecule has 8 heteroatoms. The summed E-state index contributed by atoms with van der Waals surface area (Å²) in [5, 5.41) is 3.28. The zero-order valence-corrected chi connectivity index (χ0v) is 18.5. The van der Waals surface area contributed by atoms with E-state index in [9.17, 15) is 14.4 Å². The van der Waals surface area contributed by atoms with E-state index >= 15 is 0 Å². The van der Waals surface area contributed by atoms with E-state index in [1.165, 1.54) is 25.4 Å². The number of fused-ring (bicyclic) bond motifs is 1. The van der Waals surface area contributed by atoms with Crippen molar-refractivity contribution in [3.05, 3.63) is 76.2 Å². The SMILES string of the molecule is COC(=O)c1c(NC(=O)c2cccc(Oc3ccccc3)c2)sc2c1CCN(C(C)=O)C2. The lowest BCUT2D eigenvalue weighted by Gasteiger charge is -2.25. The average molecular weight is 451 g/mol. The molecular formula is C24H22N2O5S. The number of nitrogens with one attached hydrogen (secondary N) is 1. The Labute approximate surface area is 189 Å². The third-order valence-corrected chi connectivity index (χ3v) is 6.33. The lowest BCUT2D eigenvalue weighted by atomic mass is 10.0. The van der Waals surface area contributed by atoms with Gasteiger partial charge < -0.3 is 19.7 Å². The van der Waals surface area contributed by atoms with Gasteiger partial charge in [0.15, 0.2) is 0 Å². The maximum Gasteiger partial charge on any atom is 0.341 e. The van der Waals surface area contributed by atoms with Crippen molar-refractivity contribution in [3.8, 4) is 11.5 Å². The average Bonchev–Trinajstić information content (AvgIpc) is 3.16. The van der Waals surface area contributed by atoms with Crippen LogP contribution in [0.25, 0.3) is 0 Å². The molecule has 3 aromatic rings. The number of para-hydroxylation sites is 1. The first-order chi connectivity index (χ1) is 15.5. The van der Waals surface area contributed by atoms with Gasteiger partial charge in [-0.25, -0.2) is 4.79 Å². The predicted octanol–water partition coefficient (Wildman–Crippen LogP) is 4.48. The van der Waals surface area contributed by atoms with Crippen LogP contribution in [0.1, 0.15) is 38.1 Å². The van der Waals surface area contributed by atoms with Crippen LogP contribution in [0.2, 0.25) is 0 Å². The van der Waals surface area contributed by atoms with Crippen LogP contribution in [0, 0.1) is 0 Å². The maximum absolute atomic E-state index is 13.0. The molecule has 164 valence electrons. The Balaban J connectivity index is 1.59. The second-order valence-corrected chi connectivity index (χ2v) is 8.39. The Hall–Kier alpha value is -3.65. The number of carbonyl (C=O) groups is 3. The first-order valence-corrected chi connectivity index (χ1v) is 10.9. The molecule has 1 aliphatic heterocycles. The van der Waals surface area contributed by atoms with Gasteiger partial charge in [0.05, 0.1) is 19.2 Å². The van der Waals surface area contributed by atoms with Crippen molar-refractivity contribution >= 4 is 34.1 Å². The van der Waals surface area contributed by atoms with Gasteiger partial charge in [-0.05, 0) is 42.3 Å². The van der Waals surface area contributed by atoms with E-state index in [0.29, 0.717) is 47.1 Å². The molecule has 0 atom stereocenters. The van der Waals surface area contributed by atoms with Crippen LogP contribution < -0.4 is 10.1 Å². The first kappa shape index (κ1) is 21.6. The molecule has 2 amide bonds. The van der Waals surface area contributed by atoms with Crippen molar-refractivity contribution in [1.82, 2.24) is 4.90 Å². The number of carbonyl (C=O) groups excluding carboxylic acids is 3. The minimum atomic E-state index is -0.504. The summed E-state index contributed by atoms with van der Waals surface area (Å²) >= 11 is 1.30. The van der Waals surface area contributed by atoms with Gasteiger partial charge in [-0.15, -0.1) is 11.3 Å². The molecule has 0 fully saturated rings. The molecule has 2 aromatic carbocycles. The fourth-order valence-electron chi connectivity index (χ4n) is 3.58. The van der Waals surface area contributed by atoms with Gasteiger partial charge in [0.1, 0.15) is 16.5 Å². The minimum Gasteiger partial charge on any atom is -0.465 e. The Morgan fingerprint density at radius 3 is 2.50 bits per heavy atom. The molecule has 0 radical (unpaired) electrons. The molecule has 2 heterocycles. The zero-order valence-electron chi connectivity index (χ0n) is 17.7. The number of anilines is 1. The van der Waals surface area contributed by atoms with Crippen molar-refractivity contribution in [1.29, 1.82) is 0 Å². The summed E-state index contributed by atoms with van der Waals surface area (Å²) in [6.07, 6.45) is 0.534. The third kappa shape index (κ3) is 4.50. The Morgan fingerprint density at radius 2 is 1.78 bits per heavy atom. The molecule has 0 aliphatic carbocycles. The van der Waals surface area contributed by atoms with E-state index in [-0.39, 0.29) is 11.8 Å². The molecule has 1 aromatic heterocycles. The number of esters is 1. The van der Waals surface area contributed by atoms with Crippen molar-refractivity contribution in [3.63, 3.8) is 0 Å². The number of benzene rings is 2. The summed E-state index contributed by atoms with van der Waals surface area (Å²) in [4.78, 5) is 39.9. The molecule has 4 rings (SSSR count).